The van der Waals surface area contributed by atoms with Crippen molar-refractivity contribution in [1.82, 2.24) is 0 Å². The molecule has 0 amide bonds. The van der Waals surface area contributed by atoms with Crippen molar-refractivity contribution in [3.05, 3.63) is 34.9 Å². The highest BCUT2D eigenvalue weighted by Gasteiger charge is 2.46. The highest BCUT2D eigenvalue weighted by atomic mass is 16.7. The molecule has 0 spiro atoms. The standard InChI is InChI=1S/C27H36O12/c1-34-16-7-13(8-17(35-2)22(16)30)20-15(11-38-27-25(33)23(31)19(10-29)39-27)14(9-28)5-12-6-18(36-3)24(32)26(37-4)21(12)20/h6-8,14-15,19-20,23,25,27-33H,5,9-11H2,1-4H3/t14-,15-,19+,20+,23+,25-,27+/m1/s1. The van der Waals surface area contributed by atoms with E-state index in [0.29, 0.717) is 17.5 Å². The van der Waals surface area contributed by atoms with Crippen molar-refractivity contribution >= 4 is 0 Å². The molecule has 0 saturated carbocycles. The summed E-state index contributed by atoms with van der Waals surface area (Å²) in [6, 6.07) is 4.96. The Balaban J connectivity index is 1.86. The Morgan fingerprint density at radius 1 is 0.821 bits per heavy atom. The van der Waals surface area contributed by atoms with Crippen molar-refractivity contribution in [2.24, 2.45) is 11.8 Å². The fourth-order valence-corrected chi connectivity index (χ4v) is 5.63. The number of aromatic hydroxyl groups is 2. The molecule has 12 nitrogen and oxygen atoms in total. The second kappa shape index (κ2) is 12.0. The Labute approximate surface area is 225 Å². The van der Waals surface area contributed by atoms with E-state index in [1.807, 2.05) is 0 Å². The van der Waals surface area contributed by atoms with Crippen molar-refractivity contribution in [2.75, 3.05) is 48.3 Å². The summed E-state index contributed by atoms with van der Waals surface area (Å²) in [5.74, 6) is -1.16. The molecule has 1 aliphatic carbocycles. The lowest BCUT2D eigenvalue weighted by Crippen LogP contribution is -2.39. The Hall–Kier alpha value is -3.00. The molecule has 2 aliphatic rings. The zero-order valence-electron chi connectivity index (χ0n) is 22.2. The Morgan fingerprint density at radius 3 is 1.95 bits per heavy atom. The van der Waals surface area contributed by atoms with Crippen molar-refractivity contribution in [2.45, 2.75) is 36.9 Å². The number of hydrogen-bond acceptors (Lipinski definition) is 12. The van der Waals surface area contributed by atoms with Crippen LogP contribution >= 0.6 is 0 Å². The van der Waals surface area contributed by atoms with Gasteiger partial charge in [-0.05, 0) is 47.6 Å². The number of phenolic OH excluding ortho intramolecular Hbond substituents is 2. The van der Waals surface area contributed by atoms with E-state index in [0.717, 1.165) is 5.56 Å². The smallest absolute Gasteiger partial charge is 0.201 e. The van der Waals surface area contributed by atoms with Crippen LogP contribution in [0.1, 0.15) is 22.6 Å². The number of methoxy groups -OCH3 is 4. The molecule has 0 unspecified atom stereocenters. The van der Waals surface area contributed by atoms with Gasteiger partial charge in [-0.2, -0.15) is 0 Å². The fourth-order valence-electron chi connectivity index (χ4n) is 5.63. The molecule has 2 aromatic rings. The average Bonchev–Trinajstić information content (AvgIpc) is 3.23. The number of hydrogen-bond donors (Lipinski definition) is 6. The lowest BCUT2D eigenvalue weighted by Gasteiger charge is -2.40. The molecule has 1 fully saturated rings. The minimum absolute atomic E-state index is 0.0522. The zero-order valence-corrected chi connectivity index (χ0v) is 22.2. The SMILES string of the molecule is COc1cc([C@@H]2c3c(cc(OC)c(O)c3OC)C[C@H](CO)[C@H]2CO[C@H]2O[C@@H](CO)[C@H](O)[C@H]2O)cc(OC)c1O. The normalized spacial score (nSPS) is 28.2. The van der Waals surface area contributed by atoms with Gasteiger partial charge in [-0.1, -0.05) is 0 Å². The molecule has 0 aromatic heterocycles. The largest absolute Gasteiger partial charge is 0.502 e. The third-order valence-electron chi connectivity index (χ3n) is 7.64. The average molecular weight is 553 g/mol. The van der Waals surface area contributed by atoms with Crippen LogP contribution in [0.2, 0.25) is 0 Å². The molecule has 7 atom stereocenters. The lowest BCUT2D eigenvalue weighted by atomic mass is 9.66. The van der Waals surface area contributed by atoms with E-state index in [2.05, 4.69) is 0 Å². The van der Waals surface area contributed by atoms with E-state index in [1.54, 1.807) is 18.2 Å². The molecule has 2 aromatic carbocycles. The second-order valence-electron chi connectivity index (χ2n) is 9.64. The molecule has 1 saturated heterocycles. The fraction of sp³-hybridized carbons (Fsp3) is 0.556. The van der Waals surface area contributed by atoms with Gasteiger partial charge in [-0.15, -0.1) is 0 Å². The van der Waals surface area contributed by atoms with E-state index in [9.17, 15) is 30.6 Å². The number of ether oxygens (including phenoxy) is 6. The Kier molecular flexibility index (Phi) is 8.94. The highest BCUT2D eigenvalue weighted by Crippen LogP contribution is 2.54. The minimum atomic E-state index is -1.39. The maximum absolute atomic E-state index is 11.0. The summed E-state index contributed by atoms with van der Waals surface area (Å²) in [7, 11) is 5.66. The van der Waals surface area contributed by atoms with Crippen LogP contribution < -0.4 is 18.9 Å². The third-order valence-corrected chi connectivity index (χ3v) is 7.64. The molecule has 39 heavy (non-hydrogen) atoms. The van der Waals surface area contributed by atoms with Gasteiger partial charge in [0.1, 0.15) is 18.3 Å². The summed E-state index contributed by atoms with van der Waals surface area (Å²) in [5.41, 5.74) is 1.99. The maximum atomic E-state index is 11.0. The van der Waals surface area contributed by atoms with Gasteiger partial charge in [0.2, 0.25) is 11.5 Å². The van der Waals surface area contributed by atoms with E-state index in [-0.39, 0.29) is 53.6 Å². The molecule has 1 heterocycles. The number of benzene rings is 2. The predicted molar refractivity (Wildman–Crippen MR) is 136 cm³/mol. The Morgan fingerprint density at radius 2 is 1.44 bits per heavy atom. The second-order valence-corrected chi connectivity index (χ2v) is 9.64. The molecular weight excluding hydrogens is 516 g/mol. The number of rotatable bonds is 10. The van der Waals surface area contributed by atoms with Crippen molar-refractivity contribution in [3.63, 3.8) is 0 Å². The summed E-state index contributed by atoms with van der Waals surface area (Å²) in [6.45, 7) is -0.774. The van der Waals surface area contributed by atoms with Crippen molar-refractivity contribution in [1.29, 1.82) is 0 Å². The van der Waals surface area contributed by atoms with E-state index in [1.165, 1.54) is 28.4 Å². The monoisotopic (exact) mass is 552 g/mol. The molecule has 0 bridgehead atoms. The van der Waals surface area contributed by atoms with Crippen molar-refractivity contribution < 1.29 is 59.1 Å². The van der Waals surface area contributed by atoms with Gasteiger partial charge in [0.25, 0.3) is 0 Å². The maximum Gasteiger partial charge on any atom is 0.201 e. The first-order valence-corrected chi connectivity index (χ1v) is 12.5. The topological polar surface area (TPSA) is 177 Å². The molecule has 12 heteroatoms. The molecule has 0 radical (unpaired) electrons. The third kappa shape index (κ3) is 5.15. The summed E-state index contributed by atoms with van der Waals surface area (Å²) in [4.78, 5) is 0. The molecule has 4 rings (SSSR count). The predicted octanol–water partition coefficient (Wildman–Crippen LogP) is 0.500. The molecule has 216 valence electrons. The first-order chi connectivity index (χ1) is 18.7. The van der Waals surface area contributed by atoms with Gasteiger partial charge >= 0.3 is 0 Å². The molecule has 1 aliphatic heterocycles. The lowest BCUT2D eigenvalue weighted by molar-refractivity contribution is -0.180. The van der Waals surface area contributed by atoms with Crippen LogP contribution in [-0.4, -0.2) is 104 Å². The first-order valence-electron chi connectivity index (χ1n) is 12.5. The quantitative estimate of drug-likeness (QED) is 0.241. The van der Waals surface area contributed by atoms with Crippen LogP contribution in [0.15, 0.2) is 18.2 Å². The molecular formula is C27H36O12. The van der Waals surface area contributed by atoms with E-state index < -0.39 is 43.0 Å². The number of aliphatic hydroxyl groups excluding tert-OH is 4. The zero-order chi connectivity index (χ0) is 28.4. The van der Waals surface area contributed by atoms with E-state index >= 15 is 0 Å². The number of aliphatic hydroxyl groups is 4. The minimum Gasteiger partial charge on any atom is -0.502 e. The number of phenols is 2. The van der Waals surface area contributed by atoms with Crippen LogP contribution in [0.3, 0.4) is 0 Å². The van der Waals surface area contributed by atoms with Gasteiger partial charge in [-0.25, -0.2) is 0 Å². The first kappa shape index (κ1) is 29.0. The van der Waals surface area contributed by atoms with Crippen LogP contribution in [0.4, 0.5) is 0 Å². The summed E-state index contributed by atoms with van der Waals surface area (Å²) in [5, 5.41) is 62.0. The van der Waals surface area contributed by atoms with Crippen LogP contribution in [0.5, 0.6) is 34.5 Å². The van der Waals surface area contributed by atoms with Gasteiger partial charge < -0.3 is 59.1 Å². The summed E-state index contributed by atoms with van der Waals surface area (Å²) < 4.78 is 33.2. The van der Waals surface area contributed by atoms with Gasteiger partial charge in [0.05, 0.1) is 41.7 Å². The van der Waals surface area contributed by atoms with E-state index in [4.69, 9.17) is 28.4 Å². The molecule has 6 N–H and O–H groups in total. The van der Waals surface area contributed by atoms with Gasteiger partial charge in [-0.3, -0.25) is 0 Å². The number of fused-ring (bicyclic) bond motifs is 1. The van der Waals surface area contributed by atoms with Crippen molar-refractivity contribution in [3.8, 4) is 34.5 Å². The summed E-state index contributed by atoms with van der Waals surface area (Å²) >= 11 is 0. The van der Waals surface area contributed by atoms with Crippen LogP contribution in [-0.2, 0) is 15.9 Å². The van der Waals surface area contributed by atoms with Crippen LogP contribution in [0, 0.1) is 11.8 Å². The highest BCUT2D eigenvalue weighted by molar-refractivity contribution is 5.64. The summed E-state index contributed by atoms with van der Waals surface area (Å²) in [6.07, 6.45) is -4.55. The van der Waals surface area contributed by atoms with Crippen LogP contribution in [0.25, 0.3) is 0 Å². The van der Waals surface area contributed by atoms with Gasteiger partial charge in [0, 0.05) is 18.1 Å². The Bertz CT molecular complexity index is 1130. The van der Waals surface area contributed by atoms with Gasteiger partial charge in [0.15, 0.2) is 29.3 Å².